The quantitative estimate of drug-likeness (QED) is 0.731. The van der Waals surface area contributed by atoms with Crippen LogP contribution in [-0.2, 0) is 9.84 Å². The Bertz CT molecular complexity index is 723. The van der Waals surface area contributed by atoms with E-state index in [2.05, 4.69) is 5.32 Å². The van der Waals surface area contributed by atoms with Gasteiger partial charge in [-0.1, -0.05) is 12.1 Å². The molecule has 0 aliphatic carbocycles. The van der Waals surface area contributed by atoms with Gasteiger partial charge in [-0.25, -0.2) is 8.42 Å². The zero-order valence-electron chi connectivity index (χ0n) is 9.67. The highest BCUT2D eigenvalue weighted by molar-refractivity contribution is 7.90. The van der Waals surface area contributed by atoms with Crippen LogP contribution >= 0.6 is 0 Å². The first-order valence-electron chi connectivity index (χ1n) is 5.42. The van der Waals surface area contributed by atoms with Crippen molar-refractivity contribution in [3.05, 3.63) is 42.5 Å². The number of hydrogen-bond acceptors (Lipinski definition) is 4. The largest absolute Gasteiger partial charge is 0.453 e. The monoisotopic (exact) mass is 261 g/mol. The number of sulfone groups is 1. The van der Waals surface area contributed by atoms with Gasteiger partial charge < -0.3 is 10.1 Å². The van der Waals surface area contributed by atoms with Crippen molar-refractivity contribution >= 4 is 21.2 Å². The zero-order valence-corrected chi connectivity index (χ0v) is 10.5. The molecule has 1 aliphatic rings. The Kier molecular flexibility index (Phi) is 2.31. The Labute approximate surface area is 105 Å². The summed E-state index contributed by atoms with van der Waals surface area (Å²) in [5, 5.41) is 3.20. The van der Waals surface area contributed by atoms with Crippen molar-refractivity contribution in [1.82, 2.24) is 0 Å². The highest BCUT2D eigenvalue weighted by atomic mass is 32.2. The van der Waals surface area contributed by atoms with Gasteiger partial charge in [-0.15, -0.1) is 0 Å². The molecular formula is C13H11NO3S. The van der Waals surface area contributed by atoms with E-state index in [0.29, 0.717) is 11.5 Å². The fourth-order valence-corrected chi connectivity index (χ4v) is 2.48. The molecule has 2 aromatic carbocycles. The summed E-state index contributed by atoms with van der Waals surface area (Å²) < 4.78 is 28.7. The van der Waals surface area contributed by atoms with Gasteiger partial charge in [-0.2, -0.15) is 0 Å². The molecule has 0 radical (unpaired) electrons. The molecule has 0 bridgehead atoms. The summed E-state index contributed by atoms with van der Waals surface area (Å²) >= 11 is 0. The number of anilines is 2. The van der Waals surface area contributed by atoms with Crippen LogP contribution in [0.3, 0.4) is 0 Å². The van der Waals surface area contributed by atoms with Crippen LogP contribution in [0.2, 0.25) is 0 Å². The Morgan fingerprint density at radius 1 is 1.00 bits per heavy atom. The molecule has 0 aromatic heterocycles. The minimum atomic E-state index is -3.22. The van der Waals surface area contributed by atoms with Gasteiger partial charge in [-0.3, -0.25) is 0 Å². The van der Waals surface area contributed by atoms with Crippen molar-refractivity contribution in [3.63, 3.8) is 0 Å². The highest BCUT2D eigenvalue weighted by Gasteiger charge is 2.18. The molecule has 1 aliphatic heterocycles. The predicted molar refractivity (Wildman–Crippen MR) is 69.4 cm³/mol. The number of nitrogens with one attached hydrogen (secondary N) is 1. The summed E-state index contributed by atoms with van der Waals surface area (Å²) in [6.07, 6.45) is 1.18. The van der Waals surface area contributed by atoms with Crippen LogP contribution in [0.5, 0.6) is 11.5 Å². The summed E-state index contributed by atoms with van der Waals surface area (Å²) in [5.41, 5.74) is 1.64. The molecule has 0 saturated heterocycles. The van der Waals surface area contributed by atoms with E-state index in [1.807, 2.05) is 24.3 Å². The van der Waals surface area contributed by atoms with Gasteiger partial charge in [0.15, 0.2) is 21.3 Å². The molecule has 0 saturated carbocycles. The number of benzene rings is 2. The van der Waals surface area contributed by atoms with Gasteiger partial charge in [0.2, 0.25) is 0 Å². The lowest BCUT2D eigenvalue weighted by molar-refractivity contribution is 0.479. The molecular weight excluding hydrogens is 250 g/mol. The number of fused-ring (bicyclic) bond motifs is 2. The van der Waals surface area contributed by atoms with Gasteiger partial charge in [0.05, 0.1) is 16.3 Å². The normalized spacial score (nSPS) is 12.9. The summed E-state index contributed by atoms with van der Waals surface area (Å²) in [4.78, 5) is 0.252. The van der Waals surface area contributed by atoms with E-state index in [9.17, 15) is 8.42 Å². The Balaban J connectivity index is 2.09. The SMILES string of the molecule is CS(=O)(=O)c1ccc2c(c1)Oc1ccccc1N2. The third-order valence-corrected chi connectivity index (χ3v) is 3.87. The third-order valence-electron chi connectivity index (χ3n) is 2.76. The van der Waals surface area contributed by atoms with Crippen molar-refractivity contribution in [2.45, 2.75) is 4.90 Å². The van der Waals surface area contributed by atoms with Crippen molar-refractivity contribution in [1.29, 1.82) is 0 Å². The Hall–Kier alpha value is -2.01. The number of ether oxygens (including phenoxy) is 1. The number of hydrogen-bond donors (Lipinski definition) is 1. The first-order chi connectivity index (χ1) is 8.54. The van der Waals surface area contributed by atoms with E-state index >= 15 is 0 Å². The van der Waals surface area contributed by atoms with Gasteiger partial charge in [0.25, 0.3) is 0 Å². The van der Waals surface area contributed by atoms with Gasteiger partial charge in [0.1, 0.15) is 0 Å². The Morgan fingerprint density at radius 3 is 2.50 bits per heavy atom. The van der Waals surface area contributed by atoms with Crippen LogP contribution in [0, 0.1) is 0 Å². The molecule has 92 valence electrons. The molecule has 3 rings (SSSR count). The second-order valence-corrected chi connectivity index (χ2v) is 6.17. The average Bonchev–Trinajstić information content (AvgIpc) is 2.34. The lowest BCUT2D eigenvalue weighted by Gasteiger charge is -2.21. The van der Waals surface area contributed by atoms with Crippen LogP contribution in [-0.4, -0.2) is 14.7 Å². The second-order valence-electron chi connectivity index (χ2n) is 4.15. The summed E-state index contributed by atoms with van der Waals surface area (Å²) in [6.45, 7) is 0. The number of rotatable bonds is 1. The summed E-state index contributed by atoms with van der Waals surface area (Å²) in [6, 6.07) is 12.3. The fraction of sp³-hybridized carbons (Fsp3) is 0.0769. The zero-order chi connectivity index (χ0) is 12.8. The van der Waals surface area contributed by atoms with E-state index in [-0.39, 0.29) is 4.90 Å². The van der Waals surface area contributed by atoms with E-state index in [4.69, 9.17) is 4.74 Å². The van der Waals surface area contributed by atoms with Gasteiger partial charge in [0, 0.05) is 12.3 Å². The molecule has 0 atom stereocenters. The van der Waals surface area contributed by atoms with E-state index in [1.165, 1.54) is 12.3 Å². The van der Waals surface area contributed by atoms with Gasteiger partial charge in [-0.05, 0) is 24.3 Å². The highest BCUT2D eigenvalue weighted by Crippen LogP contribution is 2.42. The number of para-hydroxylation sites is 2. The van der Waals surface area contributed by atoms with E-state index in [0.717, 1.165) is 11.4 Å². The maximum atomic E-state index is 11.5. The second kappa shape index (κ2) is 3.74. The molecule has 4 nitrogen and oxygen atoms in total. The minimum absolute atomic E-state index is 0.252. The van der Waals surface area contributed by atoms with Crippen molar-refractivity contribution in [2.75, 3.05) is 11.6 Å². The van der Waals surface area contributed by atoms with Crippen molar-refractivity contribution in [3.8, 4) is 11.5 Å². The Morgan fingerprint density at radius 2 is 1.72 bits per heavy atom. The summed E-state index contributed by atoms with van der Waals surface area (Å²) in [7, 11) is -3.22. The molecule has 1 N–H and O–H groups in total. The van der Waals surface area contributed by atoms with Crippen LogP contribution in [0.25, 0.3) is 0 Å². The predicted octanol–water partition coefficient (Wildman–Crippen LogP) is 2.94. The first kappa shape index (κ1) is 11.1. The fourth-order valence-electron chi connectivity index (χ4n) is 1.84. The summed E-state index contributed by atoms with van der Waals surface area (Å²) in [5.74, 6) is 1.22. The lowest BCUT2D eigenvalue weighted by Crippen LogP contribution is -2.04. The topological polar surface area (TPSA) is 55.4 Å². The van der Waals surface area contributed by atoms with E-state index in [1.54, 1.807) is 12.1 Å². The van der Waals surface area contributed by atoms with Crippen molar-refractivity contribution in [2.24, 2.45) is 0 Å². The first-order valence-corrected chi connectivity index (χ1v) is 7.31. The minimum Gasteiger partial charge on any atom is -0.453 e. The molecule has 0 fully saturated rings. The maximum absolute atomic E-state index is 11.5. The standard InChI is InChI=1S/C13H11NO3S/c1-18(15,16)9-6-7-11-13(8-9)17-12-5-3-2-4-10(12)14-11/h2-8,14H,1H3. The van der Waals surface area contributed by atoms with Crippen LogP contribution in [0.4, 0.5) is 11.4 Å². The molecule has 1 heterocycles. The van der Waals surface area contributed by atoms with Gasteiger partial charge >= 0.3 is 0 Å². The molecule has 5 heteroatoms. The molecule has 18 heavy (non-hydrogen) atoms. The molecule has 0 spiro atoms. The average molecular weight is 261 g/mol. The maximum Gasteiger partial charge on any atom is 0.175 e. The third kappa shape index (κ3) is 1.82. The van der Waals surface area contributed by atoms with Crippen molar-refractivity contribution < 1.29 is 13.2 Å². The van der Waals surface area contributed by atoms with Crippen LogP contribution in [0.1, 0.15) is 0 Å². The van der Waals surface area contributed by atoms with E-state index < -0.39 is 9.84 Å². The molecule has 0 unspecified atom stereocenters. The van der Waals surface area contributed by atoms with Crippen LogP contribution in [0.15, 0.2) is 47.4 Å². The smallest absolute Gasteiger partial charge is 0.175 e. The molecule has 0 amide bonds. The molecule has 2 aromatic rings. The van der Waals surface area contributed by atoms with Crippen LogP contribution < -0.4 is 10.1 Å². The lowest BCUT2D eigenvalue weighted by atomic mass is 10.2.